The molecule has 0 aliphatic carbocycles. The standard InChI is InChI=1S/C24H22Cl2N4O3/c1-14-22(15(2)30(28-14)12-17-8-10-18(25)11-9-17)27-24(31)23-19(16(3)33-29-23)13-32-21-7-5-4-6-20(21)26/h4-11H,12-13H2,1-3H3,(H,27,31). The smallest absolute Gasteiger partial charge is 0.278 e. The maximum absolute atomic E-state index is 13.1. The number of hydrogen-bond donors (Lipinski definition) is 1. The van der Waals surface area contributed by atoms with Gasteiger partial charge in [0.05, 0.1) is 34.2 Å². The molecule has 0 aliphatic rings. The molecule has 7 nitrogen and oxygen atoms in total. The SMILES string of the molecule is Cc1nn(Cc2ccc(Cl)cc2)c(C)c1NC(=O)c1noc(C)c1COc1ccccc1Cl. The highest BCUT2D eigenvalue weighted by Gasteiger charge is 2.23. The second-order valence-electron chi connectivity index (χ2n) is 7.57. The maximum Gasteiger partial charge on any atom is 0.278 e. The van der Waals surface area contributed by atoms with Crippen LogP contribution in [0.5, 0.6) is 5.75 Å². The van der Waals surface area contributed by atoms with Crippen LogP contribution in [-0.2, 0) is 13.2 Å². The van der Waals surface area contributed by atoms with Gasteiger partial charge in [-0.05, 0) is 50.6 Å². The highest BCUT2D eigenvalue weighted by atomic mass is 35.5. The Kier molecular flexibility index (Phi) is 6.72. The Labute approximate surface area is 201 Å². The average molecular weight is 485 g/mol. The number of ether oxygens (including phenoxy) is 1. The van der Waals surface area contributed by atoms with Gasteiger partial charge in [-0.25, -0.2) is 0 Å². The minimum Gasteiger partial charge on any atom is -0.487 e. The molecule has 0 aliphatic heterocycles. The fourth-order valence-corrected chi connectivity index (χ4v) is 3.73. The Morgan fingerprint density at radius 3 is 2.55 bits per heavy atom. The van der Waals surface area contributed by atoms with Crippen LogP contribution in [0.2, 0.25) is 10.0 Å². The molecule has 1 amide bonds. The van der Waals surface area contributed by atoms with E-state index in [2.05, 4.69) is 15.6 Å². The van der Waals surface area contributed by atoms with Gasteiger partial charge in [0.2, 0.25) is 0 Å². The summed E-state index contributed by atoms with van der Waals surface area (Å²) in [5, 5.41) is 12.6. The molecule has 0 bridgehead atoms. The molecule has 2 heterocycles. The van der Waals surface area contributed by atoms with Gasteiger partial charge in [0.15, 0.2) is 5.69 Å². The third kappa shape index (κ3) is 5.05. The number of aromatic nitrogens is 3. The average Bonchev–Trinajstić information content (AvgIpc) is 3.29. The molecule has 0 saturated carbocycles. The number of rotatable bonds is 7. The molecule has 4 rings (SSSR count). The van der Waals surface area contributed by atoms with Gasteiger partial charge in [-0.2, -0.15) is 5.10 Å². The van der Waals surface area contributed by atoms with Crippen LogP contribution in [0, 0.1) is 20.8 Å². The number of nitrogens with zero attached hydrogens (tertiary/aromatic N) is 3. The molecule has 170 valence electrons. The fourth-order valence-electron chi connectivity index (χ4n) is 3.42. The van der Waals surface area contributed by atoms with E-state index in [0.717, 1.165) is 11.3 Å². The zero-order valence-corrected chi connectivity index (χ0v) is 19.9. The van der Waals surface area contributed by atoms with E-state index in [1.165, 1.54) is 0 Å². The van der Waals surface area contributed by atoms with Crippen LogP contribution in [0.1, 0.15) is 38.8 Å². The Bertz CT molecular complexity index is 1300. The predicted octanol–water partition coefficient (Wildman–Crippen LogP) is 5.98. The molecule has 9 heteroatoms. The van der Waals surface area contributed by atoms with Gasteiger partial charge < -0.3 is 14.6 Å². The lowest BCUT2D eigenvalue weighted by atomic mass is 10.2. The van der Waals surface area contributed by atoms with Crippen LogP contribution in [0.25, 0.3) is 0 Å². The predicted molar refractivity (Wildman–Crippen MR) is 127 cm³/mol. The second kappa shape index (κ2) is 9.68. The van der Waals surface area contributed by atoms with Gasteiger partial charge in [0.1, 0.15) is 18.1 Å². The van der Waals surface area contributed by atoms with Gasteiger partial charge in [-0.15, -0.1) is 0 Å². The van der Waals surface area contributed by atoms with Crippen molar-refractivity contribution in [2.75, 3.05) is 5.32 Å². The highest BCUT2D eigenvalue weighted by Crippen LogP contribution is 2.26. The first-order valence-corrected chi connectivity index (χ1v) is 11.0. The first-order valence-electron chi connectivity index (χ1n) is 10.3. The number of halogens is 2. The summed E-state index contributed by atoms with van der Waals surface area (Å²) in [7, 11) is 0. The van der Waals surface area contributed by atoms with Crippen molar-refractivity contribution in [2.24, 2.45) is 0 Å². The minimum atomic E-state index is -0.401. The number of carbonyl (C=O) groups is 1. The molecule has 0 unspecified atom stereocenters. The van der Waals surface area contributed by atoms with Crippen molar-refractivity contribution in [3.8, 4) is 5.75 Å². The van der Waals surface area contributed by atoms with Gasteiger partial charge >= 0.3 is 0 Å². The Hall–Kier alpha value is -3.29. The molecule has 0 atom stereocenters. The number of aryl methyl sites for hydroxylation is 2. The van der Waals surface area contributed by atoms with Crippen molar-refractivity contribution in [1.29, 1.82) is 0 Å². The molecule has 4 aromatic rings. The quantitative estimate of drug-likeness (QED) is 0.348. The minimum absolute atomic E-state index is 0.0929. The third-order valence-electron chi connectivity index (χ3n) is 5.27. The van der Waals surface area contributed by atoms with E-state index in [-0.39, 0.29) is 12.3 Å². The second-order valence-corrected chi connectivity index (χ2v) is 8.41. The van der Waals surface area contributed by atoms with Crippen LogP contribution in [0.4, 0.5) is 5.69 Å². The summed E-state index contributed by atoms with van der Waals surface area (Å²) < 4.78 is 12.9. The van der Waals surface area contributed by atoms with E-state index in [1.807, 2.05) is 54.9 Å². The van der Waals surface area contributed by atoms with Gasteiger partial charge in [-0.1, -0.05) is 52.6 Å². The van der Waals surface area contributed by atoms with Crippen LogP contribution in [-0.4, -0.2) is 20.8 Å². The summed E-state index contributed by atoms with van der Waals surface area (Å²) in [4.78, 5) is 13.1. The monoisotopic (exact) mass is 484 g/mol. The molecular formula is C24H22Cl2N4O3. The van der Waals surface area contributed by atoms with Crippen molar-refractivity contribution >= 4 is 34.8 Å². The Morgan fingerprint density at radius 2 is 1.82 bits per heavy atom. The number of benzene rings is 2. The Morgan fingerprint density at radius 1 is 1.09 bits per heavy atom. The molecule has 0 radical (unpaired) electrons. The van der Waals surface area contributed by atoms with Crippen LogP contribution < -0.4 is 10.1 Å². The number of amides is 1. The molecule has 1 N–H and O–H groups in total. The lowest BCUT2D eigenvalue weighted by Gasteiger charge is -2.09. The number of hydrogen-bond acceptors (Lipinski definition) is 5. The van der Waals surface area contributed by atoms with Gasteiger partial charge in [-0.3, -0.25) is 9.48 Å². The van der Waals surface area contributed by atoms with Crippen LogP contribution >= 0.6 is 23.2 Å². The molecule has 2 aromatic carbocycles. The lowest BCUT2D eigenvalue weighted by molar-refractivity contribution is 0.101. The third-order valence-corrected chi connectivity index (χ3v) is 5.84. The lowest BCUT2D eigenvalue weighted by Crippen LogP contribution is -2.16. The van der Waals surface area contributed by atoms with Gasteiger partial charge in [0, 0.05) is 5.02 Å². The first kappa shape index (κ1) is 22.9. The van der Waals surface area contributed by atoms with Crippen molar-refractivity contribution in [2.45, 2.75) is 33.9 Å². The van der Waals surface area contributed by atoms with Crippen molar-refractivity contribution in [3.63, 3.8) is 0 Å². The van der Waals surface area contributed by atoms with E-state index in [1.54, 1.807) is 19.1 Å². The van der Waals surface area contributed by atoms with E-state index in [9.17, 15) is 4.79 Å². The van der Waals surface area contributed by atoms with E-state index in [4.69, 9.17) is 32.5 Å². The van der Waals surface area contributed by atoms with E-state index >= 15 is 0 Å². The highest BCUT2D eigenvalue weighted by molar-refractivity contribution is 6.32. The van der Waals surface area contributed by atoms with Crippen LogP contribution in [0.15, 0.2) is 53.1 Å². The number of nitrogens with one attached hydrogen (secondary N) is 1. The summed E-state index contributed by atoms with van der Waals surface area (Å²) in [6, 6.07) is 14.7. The molecule has 0 fully saturated rings. The molecule has 2 aromatic heterocycles. The largest absolute Gasteiger partial charge is 0.487 e. The van der Waals surface area contributed by atoms with Gasteiger partial charge in [0.25, 0.3) is 5.91 Å². The number of carbonyl (C=O) groups excluding carboxylic acids is 1. The summed E-state index contributed by atoms with van der Waals surface area (Å²) in [5.41, 5.74) is 3.91. The van der Waals surface area contributed by atoms with Crippen LogP contribution in [0.3, 0.4) is 0 Å². The molecule has 0 saturated heterocycles. The number of para-hydroxylation sites is 1. The van der Waals surface area contributed by atoms with E-state index in [0.29, 0.717) is 45.0 Å². The number of anilines is 1. The molecule has 33 heavy (non-hydrogen) atoms. The zero-order chi connectivity index (χ0) is 23.5. The molecule has 0 spiro atoms. The molecular weight excluding hydrogens is 463 g/mol. The van der Waals surface area contributed by atoms with E-state index < -0.39 is 5.91 Å². The summed E-state index contributed by atoms with van der Waals surface area (Å²) in [6.45, 7) is 6.13. The zero-order valence-electron chi connectivity index (χ0n) is 18.4. The Balaban J connectivity index is 1.51. The fraction of sp³-hybridized carbons (Fsp3) is 0.208. The normalized spacial score (nSPS) is 10.9. The van der Waals surface area contributed by atoms with Crippen molar-refractivity contribution in [3.05, 3.63) is 92.5 Å². The summed E-state index contributed by atoms with van der Waals surface area (Å²) in [6.07, 6.45) is 0. The van der Waals surface area contributed by atoms with Crippen molar-refractivity contribution in [1.82, 2.24) is 14.9 Å². The summed E-state index contributed by atoms with van der Waals surface area (Å²) >= 11 is 12.1. The maximum atomic E-state index is 13.1. The van der Waals surface area contributed by atoms with Crippen molar-refractivity contribution < 1.29 is 14.1 Å². The first-order chi connectivity index (χ1) is 15.8. The summed E-state index contributed by atoms with van der Waals surface area (Å²) in [5.74, 6) is 0.613. The topological polar surface area (TPSA) is 82.2 Å².